The molecule has 1 aliphatic rings. The number of esters is 1. The summed E-state index contributed by atoms with van der Waals surface area (Å²) in [5, 5.41) is 4.70. The molecule has 0 radical (unpaired) electrons. The van der Waals surface area contributed by atoms with Crippen LogP contribution < -0.4 is 10.0 Å². The van der Waals surface area contributed by atoms with Gasteiger partial charge < -0.3 is 10.1 Å². The minimum absolute atomic E-state index is 0.0701. The zero-order valence-corrected chi connectivity index (χ0v) is 17.3. The summed E-state index contributed by atoms with van der Waals surface area (Å²) < 4.78 is 31.6. The van der Waals surface area contributed by atoms with Gasteiger partial charge in [0.1, 0.15) is 11.9 Å². The van der Waals surface area contributed by atoms with Crippen LogP contribution in [-0.4, -0.2) is 38.8 Å². The number of rotatable bonds is 5. The molecule has 0 spiro atoms. The molecule has 2 N–H and O–H groups in total. The normalized spacial score (nSPS) is 16.4. The maximum Gasteiger partial charge on any atom is 0.331 e. The van der Waals surface area contributed by atoms with E-state index in [1.807, 2.05) is 36.4 Å². The molecule has 0 fully saturated rings. The average molecular weight is 437 g/mol. The van der Waals surface area contributed by atoms with Gasteiger partial charge in [0.15, 0.2) is 6.61 Å². The summed E-state index contributed by atoms with van der Waals surface area (Å²) in [4.78, 5) is 28.6. The average Bonchev–Trinajstić information content (AvgIpc) is 3.02. The van der Waals surface area contributed by atoms with Crippen LogP contribution in [0.5, 0.6) is 0 Å². The lowest BCUT2D eigenvalue weighted by Crippen LogP contribution is -2.28. The third-order valence-electron chi connectivity index (χ3n) is 4.71. The third kappa shape index (κ3) is 4.41. The molecule has 1 atom stereocenters. The molecule has 1 heterocycles. The molecule has 158 valence electrons. The SMILES string of the molecule is C[C@H](N=C1NS(=O)(=O)c2ccccc21)C(=O)OCC(=O)Nc1ccc2ccccc2c1. The molecule has 4 rings (SSSR count). The van der Waals surface area contributed by atoms with Gasteiger partial charge in [0, 0.05) is 11.3 Å². The van der Waals surface area contributed by atoms with Crippen LogP contribution in [0.25, 0.3) is 10.8 Å². The molecule has 1 aliphatic heterocycles. The van der Waals surface area contributed by atoms with Gasteiger partial charge in [0.2, 0.25) is 0 Å². The maximum atomic E-state index is 12.2. The highest BCUT2D eigenvalue weighted by Gasteiger charge is 2.31. The second-order valence-corrected chi connectivity index (χ2v) is 8.62. The second-order valence-electron chi connectivity index (χ2n) is 6.97. The maximum absolute atomic E-state index is 12.2. The lowest BCUT2D eigenvalue weighted by atomic mass is 10.1. The molecule has 3 aromatic rings. The van der Waals surface area contributed by atoms with Gasteiger partial charge in [-0.3, -0.25) is 14.5 Å². The monoisotopic (exact) mass is 437 g/mol. The Morgan fingerprint density at radius 2 is 1.74 bits per heavy atom. The van der Waals surface area contributed by atoms with E-state index in [1.54, 1.807) is 24.3 Å². The van der Waals surface area contributed by atoms with Gasteiger partial charge in [-0.05, 0) is 42.0 Å². The highest BCUT2D eigenvalue weighted by Crippen LogP contribution is 2.23. The molecular formula is C22H19N3O5S. The van der Waals surface area contributed by atoms with Crippen LogP contribution in [0.4, 0.5) is 5.69 Å². The standard InChI is InChI=1S/C22H19N3O5S/c1-14(23-21-18-8-4-5-9-19(18)31(28,29)25-21)22(27)30-13-20(26)24-17-11-10-15-6-2-3-7-16(15)12-17/h2-12,14H,13H2,1H3,(H,23,25)(H,24,26)/t14-/m0/s1. The molecule has 0 saturated carbocycles. The number of ether oxygens (including phenoxy) is 1. The van der Waals surface area contributed by atoms with Crippen molar-refractivity contribution < 1.29 is 22.7 Å². The van der Waals surface area contributed by atoms with E-state index < -0.39 is 34.5 Å². The number of hydrogen-bond donors (Lipinski definition) is 2. The number of fused-ring (bicyclic) bond motifs is 2. The number of amidine groups is 1. The van der Waals surface area contributed by atoms with Crippen molar-refractivity contribution in [1.82, 2.24) is 4.72 Å². The van der Waals surface area contributed by atoms with E-state index in [4.69, 9.17) is 4.74 Å². The first-order valence-corrected chi connectivity index (χ1v) is 11.0. The zero-order chi connectivity index (χ0) is 22.0. The van der Waals surface area contributed by atoms with Crippen molar-refractivity contribution in [2.75, 3.05) is 11.9 Å². The second kappa shape index (κ2) is 8.19. The number of carbonyl (C=O) groups excluding carboxylic acids is 2. The van der Waals surface area contributed by atoms with Crippen LogP contribution in [0.1, 0.15) is 12.5 Å². The van der Waals surface area contributed by atoms with Crippen LogP contribution >= 0.6 is 0 Å². The van der Waals surface area contributed by atoms with Gasteiger partial charge in [0.05, 0.1) is 4.90 Å². The predicted molar refractivity (Wildman–Crippen MR) is 116 cm³/mol. The van der Waals surface area contributed by atoms with Crippen LogP contribution in [0.2, 0.25) is 0 Å². The fraction of sp³-hybridized carbons (Fsp3) is 0.136. The topological polar surface area (TPSA) is 114 Å². The molecule has 0 aliphatic carbocycles. The van der Waals surface area contributed by atoms with E-state index in [2.05, 4.69) is 15.0 Å². The Balaban J connectivity index is 1.37. The first-order valence-electron chi connectivity index (χ1n) is 9.49. The Labute approximate surface area is 179 Å². The molecule has 0 saturated heterocycles. The number of anilines is 1. The van der Waals surface area contributed by atoms with Crippen molar-refractivity contribution >= 4 is 44.2 Å². The molecule has 0 bridgehead atoms. The Hall–Kier alpha value is -3.72. The molecule has 3 aromatic carbocycles. The minimum Gasteiger partial charge on any atom is -0.454 e. The van der Waals surface area contributed by atoms with Gasteiger partial charge in [-0.2, -0.15) is 0 Å². The van der Waals surface area contributed by atoms with Gasteiger partial charge in [-0.15, -0.1) is 0 Å². The van der Waals surface area contributed by atoms with Crippen LogP contribution in [0.15, 0.2) is 76.6 Å². The molecule has 31 heavy (non-hydrogen) atoms. The number of nitrogens with one attached hydrogen (secondary N) is 2. The predicted octanol–water partition coefficient (Wildman–Crippen LogP) is 2.45. The summed E-state index contributed by atoms with van der Waals surface area (Å²) in [7, 11) is -3.70. The Kier molecular flexibility index (Phi) is 5.43. The smallest absolute Gasteiger partial charge is 0.331 e. The summed E-state index contributed by atoms with van der Waals surface area (Å²) in [6.45, 7) is 0.981. The van der Waals surface area contributed by atoms with E-state index in [-0.39, 0.29) is 10.7 Å². The molecule has 0 unspecified atom stereocenters. The van der Waals surface area contributed by atoms with Gasteiger partial charge >= 0.3 is 5.97 Å². The summed E-state index contributed by atoms with van der Waals surface area (Å²) in [6.07, 6.45) is 0. The van der Waals surface area contributed by atoms with Gasteiger partial charge in [-0.1, -0.05) is 42.5 Å². The van der Waals surface area contributed by atoms with Gasteiger partial charge in [0.25, 0.3) is 15.9 Å². The Morgan fingerprint density at radius 1 is 1.03 bits per heavy atom. The largest absolute Gasteiger partial charge is 0.454 e. The highest BCUT2D eigenvalue weighted by atomic mass is 32.2. The zero-order valence-electron chi connectivity index (χ0n) is 16.5. The number of aliphatic imine (C=N–C) groups is 1. The Morgan fingerprint density at radius 3 is 2.55 bits per heavy atom. The van der Waals surface area contributed by atoms with E-state index in [9.17, 15) is 18.0 Å². The van der Waals surface area contributed by atoms with E-state index in [1.165, 1.54) is 13.0 Å². The third-order valence-corrected chi connectivity index (χ3v) is 6.10. The van der Waals surface area contributed by atoms with Gasteiger partial charge in [-0.25, -0.2) is 13.2 Å². The number of benzene rings is 3. The lowest BCUT2D eigenvalue weighted by molar-refractivity contribution is -0.148. The summed E-state index contributed by atoms with van der Waals surface area (Å²) in [5.74, 6) is -1.17. The summed E-state index contributed by atoms with van der Waals surface area (Å²) in [5.41, 5.74) is 0.973. The fourth-order valence-electron chi connectivity index (χ4n) is 3.20. The molecule has 1 amide bonds. The molecule has 8 nitrogen and oxygen atoms in total. The Bertz CT molecular complexity index is 1320. The van der Waals surface area contributed by atoms with Crippen LogP contribution in [-0.2, 0) is 24.3 Å². The summed E-state index contributed by atoms with van der Waals surface area (Å²) >= 11 is 0. The number of nitrogens with zero attached hydrogens (tertiary/aromatic N) is 1. The minimum atomic E-state index is -3.70. The van der Waals surface area contributed by atoms with Crippen molar-refractivity contribution in [3.8, 4) is 0 Å². The number of hydrogen-bond acceptors (Lipinski definition) is 6. The molecule has 0 aromatic heterocycles. The van der Waals surface area contributed by atoms with Crippen molar-refractivity contribution in [2.24, 2.45) is 4.99 Å². The summed E-state index contributed by atoms with van der Waals surface area (Å²) in [6, 6.07) is 18.5. The highest BCUT2D eigenvalue weighted by molar-refractivity contribution is 7.90. The van der Waals surface area contributed by atoms with Crippen molar-refractivity contribution in [2.45, 2.75) is 17.9 Å². The van der Waals surface area contributed by atoms with Crippen LogP contribution in [0.3, 0.4) is 0 Å². The van der Waals surface area contributed by atoms with E-state index in [0.717, 1.165) is 10.8 Å². The number of sulfonamides is 1. The van der Waals surface area contributed by atoms with Crippen molar-refractivity contribution in [3.63, 3.8) is 0 Å². The first-order chi connectivity index (χ1) is 14.8. The van der Waals surface area contributed by atoms with Crippen molar-refractivity contribution in [1.29, 1.82) is 0 Å². The lowest BCUT2D eigenvalue weighted by Gasteiger charge is -2.10. The molecule has 9 heteroatoms. The first kappa shape index (κ1) is 20.5. The van der Waals surface area contributed by atoms with E-state index in [0.29, 0.717) is 11.3 Å². The van der Waals surface area contributed by atoms with Crippen LogP contribution in [0, 0.1) is 0 Å². The molecular weight excluding hydrogens is 418 g/mol. The quantitative estimate of drug-likeness (QED) is 0.595. The number of amides is 1. The van der Waals surface area contributed by atoms with E-state index >= 15 is 0 Å². The fourth-order valence-corrected chi connectivity index (χ4v) is 4.44. The number of carbonyl (C=O) groups is 2. The van der Waals surface area contributed by atoms with Crippen molar-refractivity contribution in [3.05, 3.63) is 72.3 Å².